The van der Waals surface area contributed by atoms with E-state index in [4.69, 9.17) is 4.74 Å². The van der Waals surface area contributed by atoms with E-state index in [-0.39, 0.29) is 23.8 Å². The molecule has 6 heteroatoms. The maximum atomic E-state index is 12.6. The second-order valence-corrected chi connectivity index (χ2v) is 7.24. The SMILES string of the molecule is CCOc1ccc(C(=O)N2CCC(NC(=O)C(C)C3CNC3)CC2)cc1. The van der Waals surface area contributed by atoms with Crippen molar-refractivity contribution in [2.24, 2.45) is 11.8 Å². The molecule has 0 aromatic heterocycles. The Hall–Kier alpha value is -2.08. The number of hydrogen-bond acceptors (Lipinski definition) is 4. The quantitative estimate of drug-likeness (QED) is 0.810. The predicted octanol–water partition coefficient (Wildman–Crippen LogP) is 1.66. The second-order valence-electron chi connectivity index (χ2n) is 7.24. The van der Waals surface area contributed by atoms with E-state index in [0.717, 1.165) is 31.7 Å². The molecular formula is C20H29N3O3. The lowest BCUT2D eigenvalue weighted by Crippen LogP contribution is -2.52. The summed E-state index contributed by atoms with van der Waals surface area (Å²) in [4.78, 5) is 26.8. The number of rotatable bonds is 6. The van der Waals surface area contributed by atoms with Crippen LogP contribution in [0.5, 0.6) is 5.75 Å². The van der Waals surface area contributed by atoms with Crippen molar-refractivity contribution in [3.8, 4) is 5.75 Å². The van der Waals surface area contributed by atoms with Gasteiger partial charge in [-0.1, -0.05) is 6.92 Å². The fraction of sp³-hybridized carbons (Fsp3) is 0.600. The predicted molar refractivity (Wildman–Crippen MR) is 100 cm³/mol. The van der Waals surface area contributed by atoms with Crippen molar-refractivity contribution in [1.82, 2.24) is 15.5 Å². The minimum atomic E-state index is 0.0479. The van der Waals surface area contributed by atoms with E-state index in [2.05, 4.69) is 10.6 Å². The normalized spacial score (nSPS) is 19.5. The maximum absolute atomic E-state index is 12.6. The highest BCUT2D eigenvalue weighted by molar-refractivity contribution is 5.94. The van der Waals surface area contributed by atoms with Crippen molar-refractivity contribution in [3.05, 3.63) is 29.8 Å². The Morgan fingerprint density at radius 2 is 1.88 bits per heavy atom. The Kier molecular flexibility index (Phi) is 6.14. The highest BCUT2D eigenvalue weighted by Crippen LogP contribution is 2.19. The van der Waals surface area contributed by atoms with Gasteiger partial charge in [0.1, 0.15) is 5.75 Å². The zero-order chi connectivity index (χ0) is 18.5. The van der Waals surface area contributed by atoms with Crippen molar-refractivity contribution in [2.45, 2.75) is 32.7 Å². The minimum Gasteiger partial charge on any atom is -0.494 e. The number of ether oxygens (including phenoxy) is 1. The molecule has 0 spiro atoms. The smallest absolute Gasteiger partial charge is 0.253 e. The van der Waals surface area contributed by atoms with E-state index in [0.29, 0.717) is 31.2 Å². The lowest BCUT2D eigenvalue weighted by molar-refractivity contribution is -0.127. The molecule has 142 valence electrons. The zero-order valence-corrected chi connectivity index (χ0v) is 15.7. The Labute approximate surface area is 155 Å². The van der Waals surface area contributed by atoms with Gasteiger partial charge in [0.05, 0.1) is 6.61 Å². The number of amides is 2. The van der Waals surface area contributed by atoms with Gasteiger partial charge in [0.2, 0.25) is 5.91 Å². The second kappa shape index (κ2) is 8.54. The molecule has 2 aliphatic heterocycles. The summed E-state index contributed by atoms with van der Waals surface area (Å²) in [5, 5.41) is 6.38. The van der Waals surface area contributed by atoms with Gasteiger partial charge in [-0.3, -0.25) is 9.59 Å². The first kappa shape index (κ1) is 18.7. The molecule has 2 fully saturated rings. The third-order valence-electron chi connectivity index (χ3n) is 5.47. The van der Waals surface area contributed by atoms with Crippen LogP contribution in [0, 0.1) is 11.8 Å². The summed E-state index contributed by atoms with van der Waals surface area (Å²) in [5.41, 5.74) is 0.682. The van der Waals surface area contributed by atoms with Crippen LogP contribution in [-0.2, 0) is 4.79 Å². The van der Waals surface area contributed by atoms with E-state index in [1.165, 1.54) is 0 Å². The van der Waals surface area contributed by atoms with Crippen LogP contribution in [0.2, 0.25) is 0 Å². The number of hydrogen-bond donors (Lipinski definition) is 2. The minimum absolute atomic E-state index is 0.0479. The van der Waals surface area contributed by atoms with E-state index in [1.807, 2.05) is 43.0 Å². The molecule has 1 atom stereocenters. The molecule has 6 nitrogen and oxygen atoms in total. The van der Waals surface area contributed by atoms with Crippen LogP contribution in [-0.4, -0.2) is 55.5 Å². The van der Waals surface area contributed by atoms with Gasteiger partial charge in [-0.2, -0.15) is 0 Å². The molecule has 26 heavy (non-hydrogen) atoms. The standard InChI is InChI=1S/C20H29N3O3/c1-3-26-18-6-4-15(5-7-18)20(25)23-10-8-17(9-11-23)22-19(24)14(2)16-12-21-13-16/h4-7,14,16-17,21H,3,8-13H2,1-2H3,(H,22,24). The Morgan fingerprint density at radius 1 is 1.23 bits per heavy atom. The van der Waals surface area contributed by atoms with Gasteiger partial charge in [0.15, 0.2) is 0 Å². The zero-order valence-electron chi connectivity index (χ0n) is 15.7. The first-order valence-corrected chi connectivity index (χ1v) is 9.61. The summed E-state index contributed by atoms with van der Waals surface area (Å²) in [6, 6.07) is 7.47. The molecule has 0 bridgehead atoms. The number of carbonyl (C=O) groups is 2. The number of carbonyl (C=O) groups excluding carboxylic acids is 2. The van der Waals surface area contributed by atoms with E-state index in [1.54, 1.807) is 0 Å². The molecular weight excluding hydrogens is 330 g/mol. The van der Waals surface area contributed by atoms with E-state index < -0.39 is 0 Å². The van der Waals surface area contributed by atoms with Crippen molar-refractivity contribution in [3.63, 3.8) is 0 Å². The van der Waals surface area contributed by atoms with Crippen molar-refractivity contribution in [2.75, 3.05) is 32.8 Å². The number of nitrogens with one attached hydrogen (secondary N) is 2. The van der Waals surface area contributed by atoms with Gasteiger partial charge in [0.25, 0.3) is 5.91 Å². The summed E-state index contributed by atoms with van der Waals surface area (Å²) >= 11 is 0. The van der Waals surface area contributed by atoms with Crippen molar-refractivity contribution < 1.29 is 14.3 Å². The fourth-order valence-electron chi connectivity index (χ4n) is 3.48. The molecule has 2 aliphatic rings. The van der Waals surface area contributed by atoms with Crippen LogP contribution in [0.3, 0.4) is 0 Å². The lowest BCUT2D eigenvalue weighted by Gasteiger charge is -2.35. The van der Waals surface area contributed by atoms with Crippen molar-refractivity contribution >= 4 is 11.8 Å². The monoisotopic (exact) mass is 359 g/mol. The average molecular weight is 359 g/mol. The number of likely N-dealkylation sites (tertiary alicyclic amines) is 1. The Bertz CT molecular complexity index is 620. The largest absolute Gasteiger partial charge is 0.494 e. The molecule has 1 aromatic carbocycles. The van der Waals surface area contributed by atoms with E-state index in [9.17, 15) is 9.59 Å². The van der Waals surface area contributed by atoms with Crippen LogP contribution in [0.1, 0.15) is 37.0 Å². The molecule has 0 saturated carbocycles. The molecule has 1 unspecified atom stereocenters. The third kappa shape index (κ3) is 4.36. The maximum Gasteiger partial charge on any atom is 0.253 e. The van der Waals surface area contributed by atoms with Gasteiger partial charge >= 0.3 is 0 Å². The molecule has 2 heterocycles. The summed E-state index contributed by atoms with van der Waals surface area (Å²) in [5.74, 6) is 1.48. The summed E-state index contributed by atoms with van der Waals surface area (Å²) in [6.07, 6.45) is 1.62. The molecule has 0 radical (unpaired) electrons. The van der Waals surface area contributed by atoms with Crippen LogP contribution >= 0.6 is 0 Å². The highest BCUT2D eigenvalue weighted by atomic mass is 16.5. The molecule has 2 saturated heterocycles. The highest BCUT2D eigenvalue weighted by Gasteiger charge is 2.31. The molecule has 1 aromatic rings. The summed E-state index contributed by atoms with van der Waals surface area (Å²) < 4.78 is 5.42. The van der Waals surface area contributed by atoms with Gasteiger partial charge < -0.3 is 20.3 Å². The topological polar surface area (TPSA) is 70.7 Å². The molecule has 3 rings (SSSR count). The van der Waals surface area contributed by atoms with Crippen LogP contribution in [0.4, 0.5) is 0 Å². The average Bonchev–Trinajstić information content (AvgIpc) is 2.61. The molecule has 0 aliphatic carbocycles. The number of piperidine rings is 1. The van der Waals surface area contributed by atoms with Crippen LogP contribution in [0.25, 0.3) is 0 Å². The van der Waals surface area contributed by atoms with Crippen LogP contribution < -0.4 is 15.4 Å². The lowest BCUT2D eigenvalue weighted by atomic mass is 9.88. The molecule has 2 N–H and O–H groups in total. The number of nitrogens with zero attached hydrogens (tertiary/aromatic N) is 1. The first-order chi connectivity index (χ1) is 12.6. The van der Waals surface area contributed by atoms with Gasteiger partial charge in [0, 0.05) is 30.6 Å². The summed E-state index contributed by atoms with van der Waals surface area (Å²) in [7, 11) is 0. The van der Waals surface area contributed by atoms with Crippen LogP contribution in [0.15, 0.2) is 24.3 Å². The summed E-state index contributed by atoms with van der Waals surface area (Å²) in [6.45, 7) is 7.78. The van der Waals surface area contributed by atoms with Gasteiger partial charge in [-0.15, -0.1) is 0 Å². The van der Waals surface area contributed by atoms with E-state index >= 15 is 0 Å². The third-order valence-corrected chi connectivity index (χ3v) is 5.47. The Balaban J connectivity index is 1.46. The van der Waals surface area contributed by atoms with Gasteiger partial charge in [-0.25, -0.2) is 0 Å². The number of benzene rings is 1. The Morgan fingerprint density at radius 3 is 2.42 bits per heavy atom. The fourth-order valence-corrected chi connectivity index (χ4v) is 3.48. The first-order valence-electron chi connectivity index (χ1n) is 9.61. The molecule has 2 amide bonds. The van der Waals surface area contributed by atoms with Crippen molar-refractivity contribution in [1.29, 1.82) is 0 Å². The van der Waals surface area contributed by atoms with Gasteiger partial charge in [-0.05, 0) is 63.0 Å².